The predicted octanol–water partition coefficient (Wildman–Crippen LogP) is 1.31. The molecule has 1 aromatic rings. The minimum absolute atomic E-state index is 1.06. The monoisotopic (exact) mass is 213 g/mol. The lowest BCUT2D eigenvalue weighted by atomic mass is 10.2. The van der Waals surface area contributed by atoms with E-state index in [1.807, 2.05) is 29.7 Å². The molecule has 0 aromatic carbocycles. The van der Waals surface area contributed by atoms with Crippen LogP contribution in [0.3, 0.4) is 0 Å². The molecule has 0 amide bonds. The van der Waals surface area contributed by atoms with Gasteiger partial charge in [0.2, 0.25) is 0 Å². The molecular formula is C10H19N3S. The van der Waals surface area contributed by atoms with Crippen molar-refractivity contribution in [1.29, 1.82) is 0 Å². The molecule has 0 spiro atoms. The van der Waals surface area contributed by atoms with Gasteiger partial charge in [-0.3, -0.25) is 4.68 Å². The van der Waals surface area contributed by atoms with E-state index in [9.17, 15) is 0 Å². The highest BCUT2D eigenvalue weighted by Crippen LogP contribution is 1.96. The van der Waals surface area contributed by atoms with Crippen LogP contribution in [0, 0.1) is 0 Å². The predicted molar refractivity (Wildman–Crippen MR) is 62.8 cm³/mol. The quantitative estimate of drug-likeness (QED) is 0.693. The third-order valence-electron chi connectivity index (χ3n) is 2.05. The van der Waals surface area contributed by atoms with Gasteiger partial charge in [-0.25, -0.2) is 0 Å². The van der Waals surface area contributed by atoms with Gasteiger partial charge in [0.25, 0.3) is 0 Å². The Hall–Kier alpha value is -0.480. The van der Waals surface area contributed by atoms with Crippen LogP contribution in [-0.2, 0) is 13.5 Å². The third kappa shape index (κ3) is 4.67. The van der Waals surface area contributed by atoms with Crippen molar-refractivity contribution >= 4 is 11.8 Å². The number of nitrogens with zero attached hydrogens (tertiary/aromatic N) is 2. The van der Waals surface area contributed by atoms with Crippen molar-refractivity contribution in [3.63, 3.8) is 0 Å². The normalized spacial score (nSPS) is 10.7. The Bertz CT molecular complexity index is 247. The summed E-state index contributed by atoms with van der Waals surface area (Å²) in [5, 5.41) is 7.56. The summed E-state index contributed by atoms with van der Waals surface area (Å²) < 4.78 is 1.85. The molecule has 0 unspecified atom stereocenters. The largest absolute Gasteiger partial charge is 0.316 e. The van der Waals surface area contributed by atoms with Gasteiger partial charge in [0, 0.05) is 13.2 Å². The Kier molecular flexibility index (Phi) is 5.71. The zero-order valence-electron chi connectivity index (χ0n) is 8.99. The molecule has 1 N–H and O–H groups in total. The molecule has 0 saturated heterocycles. The van der Waals surface area contributed by atoms with Gasteiger partial charge in [-0.1, -0.05) is 0 Å². The van der Waals surface area contributed by atoms with Gasteiger partial charge in [-0.15, -0.1) is 0 Å². The molecular weight excluding hydrogens is 194 g/mol. The van der Waals surface area contributed by atoms with Crippen LogP contribution in [0.25, 0.3) is 0 Å². The van der Waals surface area contributed by atoms with Crippen molar-refractivity contribution in [2.75, 3.05) is 25.1 Å². The summed E-state index contributed by atoms with van der Waals surface area (Å²) in [5.74, 6) is 1.25. The second-order valence-electron chi connectivity index (χ2n) is 3.37. The summed E-state index contributed by atoms with van der Waals surface area (Å²) >= 11 is 1.91. The van der Waals surface area contributed by atoms with E-state index in [-0.39, 0.29) is 0 Å². The van der Waals surface area contributed by atoms with Gasteiger partial charge < -0.3 is 5.32 Å². The maximum Gasteiger partial charge on any atom is 0.0522 e. The van der Waals surface area contributed by atoms with Crippen molar-refractivity contribution in [3.8, 4) is 0 Å². The maximum absolute atomic E-state index is 4.13. The number of hydrogen-bond donors (Lipinski definition) is 1. The molecule has 1 heterocycles. The van der Waals surface area contributed by atoms with Crippen molar-refractivity contribution in [2.45, 2.75) is 12.8 Å². The van der Waals surface area contributed by atoms with E-state index in [1.54, 1.807) is 0 Å². The number of hydrogen-bond acceptors (Lipinski definition) is 3. The van der Waals surface area contributed by atoms with Crippen LogP contribution in [0.1, 0.15) is 12.0 Å². The molecule has 1 aromatic heterocycles. The Labute approximate surface area is 90.3 Å². The molecule has 0 aliphatic carbocycles. The lowest BCUT2D eigenvalue weighted by Crippen LogP contribution is -2.18. The number of nitrogens with one attached hydrogen (secondary N) is 1. The highest BCUT2D eigenvalue weighted by atomic mass is 32.2. The van der Waals surface area contributed by atoms with Gasteiger partial charge in [-0.2, -0.15) is 16.9 Å². The Morgan fingerprint density at radius 2 is 2.36 bits per heavy atom. The molecule has 14 heavy (non-hydrogen) atoms. The van der Waals surface area contributed by atoms with Crippen LogP contribution >= 0.6 is 11.8 Å². The van der Waals surface area contributed by atoms with E-state index in [0.717, 1.165) is 19.5 Å². The summed E-state index contributed by atoms with van der Waals surface area (Å²) in [4.78, 5) is 0. The highest BCUT2D eigenvalue weighted by Gasteiger charge is 1.94. The van der Waals surface area contributed by atoms with E-state index in [1.165, 1.54) is 17.7 Å². The molecule has 4 heteroatoms. The molecule has 3 nitrogen and oxygen atoms in total. The van der Waals surface area contributed by atoms with E-state index in [0.29, 0.717) is 0 Å². The second-order valence-corrected chi connectivity index (χ2v) is 4.35. The van der Waals surface area contributed by atoms with Crippen LogP contribution < -0.4 is 5.32 Å². The van der Waals surface area contributed by atoms with Crippen LogP contribution in [0.2, 0.25) is 0 Å². The van der Waals surface area contributed by atoms with E-state index >= 15 is 0 Å². The second kappa shape index (κ2) is 6.90. The fourth-order valence-corrected chi connectivity index (χ4v) is 1.73. The average Bonchev–Trinajstić information content (AvgIpc) is 2.58. The fraction of sp³-hybridized carbons (Fsp3) is 0.700. The zero-order valence-corrected chi connectivity index (χ0v) is 9.81. The Morgan fingerprint density at radius 1 is 1.50 bits per heavy atom. The summed E-state index contributed by atoms with van der Waals surface area (Å²) in [6.07, 6.45) is 8.49. The van der Waals surface area contributed by atoms with Crippen LogP contribution in [0.4, 0.5) is 0 Å². The number of aromatic nitrogens is 2. The lowest BCUT2D eigenvalue weighted by Gasteiger charge is -2.01. The minimum Gasteiger partial charge on any atom is -0.316 e. The Balaban J connectivity index is 1.99. The van der Waals surface area contributed by atoms with E-state index in [2.05, 4.69) is 22.9 Å². The molecule has 0 fully saturated rings. The molecule has 0 atom stereocenters. The third-order valence-corrected chi connectivity index (χ3v) is 2.75. The van der Waals surface area contributed by atoms with Crippen LogP contribution in [-0.4, -0.2) is 34.9 Å². The zero-order chi connectivity index (χ0) is 10.2. The summed E-state index contributed by atoms with van der Waals surface area (Å²) in [6, 6.07) is 0. The van der Waals surface area contributed by atoms with Crippen molar-refractivity contribution in [3.05, 3.63) is 18.0 Å². The summed E-state index contributed by atoms with van der Waals surface area (Å²) in [7, 11) is 1.95. The smallest absolute Gasteiger partial charge is 0.0522 e. The SMILES string of the molecule is CSCCCNCCc1cnn(C)c1. The minimum atomic E-state index is 1.06. The van der Waals surface area contributed by atoms with Crippen molar-refractivity contribution in [1.82, 2.24) is 15.1 Å². The number of rotatable bonds is 7. The van der Waals surface area contributed by atoms with Crippen LogP contribution in [0.5, 0.6) is 0 Å². The summed E-state index contributed by atoms with van der Waals surface area (Å²) in [5.41, 5.74) is 1.31. The first kappa shape index (κ1) is 11.6. The molecule has 80 valence electrons. The van der Waals surface area contributed by atoms with Gasteiger partial charge in [0.15, 0.2) is 0 Å². The van der Waals surface area contributed by atoms with E-state index < -0.39 is 0 Å². The first-order valence-electron chi connectivity index (χ1n) is 5.00. The molecule has 0 radical (unpaired) electrons. The van der Waals surface area contributed by atoms with Gasteiger partial charge in [0.1, 0.15) is 0 Å². The topological polar surface area (TPSA) is 29.9 Å². The van der Waals surface area contributed by atoms with E-state index in [4.69, 9.17) is 0 Å². The molecule has 0 saturated carbocycles. The summed E-state index contributed by atoms with van der Waals surface area (Å²) in [6.45, 7) is 2.18. The average molecular weight is 213 g/mol. The van der Waals surface area contributed by atoms with Crippen molar-refractivity contribution < 1.29 is 0 Å². The van der Waals surface area contributed by atoms with Gasteiger partial charge in [0.05, 0.1) is 6.20 Å². The number of aryl methyl sites for hydroxylation is 1. The first-order valence-corrected chi connectivity index (χ1v) is 6.39. The Morgan fingerprint density at radius 3 is 3.00 bits per heavy atom. The highest BCUT2D eigenvalue weighted by molar-refractivity contribution is 7.98. The molecule has 1 rings (SSSR count). The maximum atomic E-state index is 4.13. The fourth-order valence-electron chi connectivity index (χ4n) is 1.30. The molecule has 0 aliphatic rings. The lowest BCUT2D eigenvalue weighted by molar-refractivity contribution is 0.674. The van der Waals surface area contributed by atoms with Gasteiger partial charge in [-0.05, 0) is 43.5 Å². The van der Waals surface area contributed by atoms with Gasteiger partial charge >= 0.3 is 0 Å². The molecule has 0 aliphatic heterocycles. The standard InChI is InChI=1S/C10H19N3S/c1-13-9-10(8-12-13)4-6-11-5-3-7-14-2/h8-9,11H,3-7H2,1-2H3. The number of thioether (sulfide) groups is 1. The van der Waals surface area contributed by atoms with Crippen molar-refractivity contribution in [2.24, 2.45) is 7.05 Å². The van der Waals surface area contributed by atoms with Crippen LogP contribution in [0.15, 0.2) is 12.4 Å². The first-order chi connectivity index (χ1) is 6.83. The molecule has 0 bridgehead atoms.